The van der Waals surface area contributed by atoms with Gasteiger partial charge in [0.2, 0.25) is 0 Å². The summed E-state index contributed by atoms with van der Waals surface area (Å²) in [6.07, 6.45) is 0.701. The van der Waals surface area contributed by atoms with Gasteiger partial charge in [-0.2, -0.15) is 0 Å². The molecule has 138 valence electrons. The molecule has 0 amide bonds. The van der Waals surface area contributed by atoms with Crippen LogP contribution in [-0.2, 0) is 19.1 Å². The van der Waals surface area contributed by atoms with Crippen LogP contribution in [0.15, 0.2) is 0 Å². The lowest BCUT2D eigenvalue weighted by Crippen LogP contribution is -2.42. The number of methoxy groups -OCH3 is 2. The number of hydrogen-bond donors (Lipinski definition) is 0. The summed E-state index contributed by atoms with van der Waals surface area (Å²) in [4.78, 5) is 38.0. The van der Waals surface area contributed by atoms with Crippen LogP contribution in [0.4, 0.5) is 0 Å². The molecule has 0 saturated carbocycles. The zero-order valence-electron chi connectivity index (χ0n) is 13.2. The average Bonchev–Trinajstić information content (AvgIpc) is 2.55. The van der Waals surface area contributed by atoms with Gasteiger partial charge in [0.15, 0.2) is 0 Å². The zero-order valence-corrected chi connectivity index (χ0v) is 14.7. The minimum Gasteiger partial charge on any atom is -0.463 e. The number of unbranched alkanes of at least 4 members (excludes halogenated alkanes) is 3. The molecule has 0 aromatic heterocycles. The molecule has 0 N–H and O–H groups in total. The minimum atomic E-state index is -2.35. The maximum atomic E-state index is 11.4. The fraction of sp³-hybridized carbons (Fsp3) is 0.833. The Morgan fingerprint density at radius 1 is 0.833 bits per heavy atom. The fourth-order valence-electron chi connectivity index (χ4n) is 1.92. The van der Waals surface area contributed by atoms with Crippen LogP contribution >= 0.6 is 23.2 Å². The van der Waals surface area contributed by atoms with Crippen LogP contribution in [0.25, 0.3) is 0 Å². The summed E-state index contributed by atoms with van der Waals surface area (Å²) in [5.74, 6) is -2.32. The lowest BCUT2D eigenvalue weighted by atomic mass is 10.0. The SMILES string of the molecule is COC(=O)[C@](Cl)(CCCCCC[C@](Cl)(C(=O)OC)[N+](=O)[O-])[N+](=O)[O-]. The van der Waals surface area contributed by atoms with Crippen LogP contribution in [0.1, 0.15) is 38.5 Å². The van der Waals surface area contributed by atoms with E-state index in [2.05, 4.69) is 9.47 Å². The summed E-state index contributed by atoms with van der Waals surface area (Å²) in [6.45, 7) is 0. The van der Waals surface area contributed by atoms with E-state index in [0.29, 0.717) is 12.8 Å². The van der Waals surface area contributed by atoms with E-state index in [9.17, 15) is 29.8 Å². The highest BCUT2D eigenvalue weighted by atomic mass is 35.5. The molecule has 0 bridgehead atoms. The zero-order chi connectivity index (χ0) is 19.0. The number of nitro groups is 2. The Morgan fingerprint density at radius 3 is 1.33 bits per heavy atom. The van der Waals surface area contributed by atoms with E-state index in [4.69, 9.17) is 23.2 Å². The first-order chi connectivity index (χ1) is 11.1. The molecule has 0 spiro atoms. The van der Waals surface area contributed by atoms with Crippen LogP contribution in [0, 0.1) is 20.2 Å². The Hall–Kier alpha value is -1.68. The van der Waals surface area contributed by atoms with E-state index < -0.39 is 31.8 Å². The Kier molecular flexibility index (Phi) is 8.91. The van der Waals surface area contributed by atoms with Crippen molar-refractivity contribution in [2.75, 3.05) is 14.2 Å². The molecule has 2 atom stereocenters. The molecule has 0 aliphatic carbocycles. The molecule has 0 aromatic carbocycles. The van der Waals surface area contributed by atoms with Gasteiger partial charge in [-0.1, -0.05) is 12.8 Å². The van der Waals surface area contributed by atoms with Gasteiger partial charge >= 0.3 is 21.9 Å². The third-order valence-corrected chi connectivity index (χ3v) is 4.30. The molecule has 24 heavy (non-hydrogen) atoms. The molecule has 0 aromatic rings. The highest BCUT2D eigenvalue weighted by Gasteiger charge is 2.51. The molecule has 0 fully saturated rings. The van der Waals surface area contributed by atoms with E-state index in [1.807, 2.05) is 0 Å². The number of ether oxygens (including phenoxy) is 2. The van der Waals surface area contributed by atoms with Gasteiger partial charge in [0, 0.05) is 12.8 Å². The van der Waals surface area contributed by atoms with Gasteiger partial charge in [-0.05, 0) is 36.0 Å². The molecule has 0 rings (SSSR count). The second-order valence-corrected chi connectivity index (χ2v) is 6.18. The number of nitrogens with zero attached hydrogens (tertiary/aromatic N) is 2. The molecular formula is C12H18Cl2N2O8. The molecule has 0 unspecified atom stereocenters. The molecule has 10 nitrogen and oxygen atoms in total. The largest absolute Gasteiger partial charge is 0.463 e. The summed E-state index contributed by atoms with van der Waals surface area (Å²) in [6, 6.07) is 0. The van der Waals surface area contributed by atoms with E-state index in [-0.39, 0.29) is 25.7 Å². The second-order valence-electron chi connectivity index (χ2n) is 4.93. The predicted molar refractivity (Wildman–Crippen MR) is 82.9 cm³/mol. The van der Waals surface area contributed by atoms with Crippen LogP contribution in [0.3, 0.4) is 0 Å². The average molecular weight is 389 g/mol. The molecule has 0 radical (unpaired) electrons. The van der Waals surface area contributed by atoms with E-state index in [1.54, 1.807) is 0 Å². The molecular weight excluding hydrogens is 371 g/mol. The van der Waals surface area contributed by atoms with Crippen molar-refractivity contribution in [2.24, 2.45) is 0 Å². The summed E-state index contributed by atoms with van der Waals surface area (Å²) < 4.78 is 8.62. The number of alkyl halides is 2. The van der Waals surface area contributed by atoms with Crippen LogP contribution in [-0.4, -0.2) is 46.0 Å². The summed E-state index contributed by atoms with van der Waals surface area (Å²) in [5.41, 5.74) is 0. The molecule has 0 aliphatic heterocycles. The van der Waals surface area contributed by atoms with Crippen LogP contribution in [0.2, 0.25) is 0 Å². The summed E-state index contributed by atoms with van der Waals surface area (Å²) >= 11 is 11.3. The van der Waals surface area contributed by atoms with E-state index in [0.717, 1.165) is 14.2 Å². The smallest absolute Gasteiger partial charge is 0.401 e. The van der Waals surface area contributed by atoms with Crippen molar-refractivity contribution in [1.82, 2.24) is 0 Å². The maximum absolute atomic E-state index is 11.4. The van der Waals surface area contributed by atoms with Gasteiger partial charge < -0.3 is 9.47 Å². The van der Waals surface area contributed by atoms with Crippen LogP contribution < -0.4 is 0 Å². The van der Waals surface area contributed by atoms with Crippen molar-refractivity contribution in [3.8, 4) is 0 Å². The predicted octanol–water partition coefficient (Wildman–Crippen LogP) is 2.10. The number of carbonyl (C=O) groups excluding carboxylic acids is 2. The Labute approximate surface area is 147 Å². The lowest BCUT2D eigenvalue weighted by molar-refractivity contribution is -0.530. The van der Waals surface area contributed by atoms with E-state index in [1.165, 1.54) is 0 Å². The maximum Gasteiger partial charge on any atom is 0.401 e. The van der Waals surface area contributed by atoms with Gasteiger partial charge in [-0.3, -0.25) is 20.2 Å². The highest BCUT2D eigenvalue weighted by Crippen LogP contribution is 2.28. The number of carbonyl (C=O) groups is 2. The molecule has 0 aliphatic rings. The first-order valence-electron chi connectivity index (χ1n) is 6.90. The first kappa shape index (κ1) is 22.3. The highest BCUT2D eigenvalue weighted by molar-refractivity contribution is 6.32. The van der Waals surface area contributed by atoms with Crippen molar-refractivity contribution in [1.29, 1.82) is 0 Å². The van der Waals surface area contributed by atoms with Crippen molar-refractivity contribution in [2.45, 2.75) is 48.5 Å². The second kappa shape index (κ2) is 9.58. The number of esters is 2. The lowest BCUT2D eigenvalue weighted by Gasteiger charge is -2.16. The van der Waals surface area contributed by atoms with Crippen LogP contribution in [0.5, 0.6) is 0 Å². The Morgan fingerprint density at radius 2 is 1.12 bits per heavy atom. The first-order valence-corrected chi connectivity index (χ1v) is 7.65. The minimum absolute atomic E-state index is 0.214. The van der Waals surface area contributed by atoms with Crippen molar-refractivity contribution >= 4 is 35.1 Å². The molecule has 0 heterocycles. The molecule has 12 heteroatoms. The van der Waals surface area contributed by atoms with Crippen molar-refractivity contribution in [3.05, 3.63) is 20.2 Å². The quantitative estimate of drug-likeness (QED) is 0.131. The summed E-state index contributed by atoms with van der Waals surface area (Å²) in [5, 5.41) is 21.8. The van der Waals surface area contributed by atoms with Gasteiger partial charge in [0.05, 0.1) is 24.1 Å². The van der Waals surface area contributed by atoms with E-state index >= 15 is 0 Å². The standard InChI is InChI=1S/C12H18Cl2N2O8/c1-23-9(17)11(13,15(19)20)7-5-3-4-6-8-12(14,16(21)22)10(18)24-2/h3-8H2,1-2H3/t11-,12+. The summed E-state index contributed by atoms with van der Waals surface area (Å²) in [7, 11) is 1.99. The van der Waals surface area contributed by atoms with Crippen molar-refractivity contribution in [3.63, 3.8) is 0 Å². The monoisotopic (exact) mass is 388 g/mol. The van der Waals surface area contributed by atoms with Gasteiger partial charge in [-0.15, -0.1) is 0 Å². The number of halogens is 2. The van der Waals surface area contributed by atoms with Gasteiger partial charge in [0.25, 0.3) is 0 Å². The van der Waals surface area contributed by atoms with Crippen molar-refractivity contribution < 1.29 is 28.9 Å². The fourth-order valence-corrected chi connectivity index (χ4v) is 2.34. The third-order valence-electron chi connectivity index (χ3n) is 3.34. The van der Waals surface area contributed by atoms with Gasteiger partial charge in [0.1, 0.15) is 0 Å². The van der Waals surface area contributed by atoms with Gasteiger partial charge in [-0.25, -0.2) is 9.59 Å². The number of rotatable bonds is 11. The Balaban J connectivity index is 4.40. The third kappa shape index (κ3) is 5.45. The number of hydrogen-bond acceptors (Lipinski definition) is 8. The Bertz CT molecular complexity index is 459. The normalized spacial score (nSPS) is 15.7. The molecule has 0 saturated heterocycles. The topological polar surface area (TPSA) is 139 Å².